The maximum absolute atomic E-state index is 14.7. The molecule has 4 aromatic rings. The van der Waals surface area contributed by atoms with Crippen LogP contribution in [-0.2, 0) is 39.9 Å². The van der Waals surface area contributed by atoms with E-state index in [0.717, 1.165) is 73.2 Å². The summed E-state index contributed by atoms with van der Waals surface area (Å²) in [6.07, 6.45) is -4.88. The van der Waals surface area contributed by atoms with Gasteiger partial charge in [-0.05, 0) is 99.8 Å². The van der Waals surface area contributed by atoms with Crippen molar-refractivity contribution in [1.82, 2.24) is 46.6 Å². The van der Waals surface area contributed by atoms with Crippen LogP contribution in [0.15, 0.2) is 66.7 Å². The molecule has 3 aliphatic rings. The average molecular weight is 1290 g/mol. The first-order valence-corrected chi connectivity index (χ1v) is 31.6. The van der Waals surface area contributed by atoms with Crippen molar-refractivity contribution in [2.45, 2.75) is 157 Å². The molecule has 7 amide bonds. The quantitative estimate of drug-likeness (QED) is 0.0353. The molecule has 4 heterocycles. The summed E-state index contributed by atoms with van der Waals surface area (Å²) in [7, 11) is 1.71. The van der Waals surface area contributed by atoms with Gasteiger partial charge in [-0.15, -0.1) is 10.2 Å². The highest BCUT2D eigenvalue weighted by Crippen LogP contribution is 2.33. The van der Waals surface area contributed by atoms with Gasteiger partial charge in [0.05, 0.1) is 49.8 Å². The number of hydrogen-bond donors (Lipinski definition) is 14. The molecule has 498 valence electrons. The van der Waals surface area contributed by atoms with Crippen LogP contribution in [-0.4, -0.2) is 230 Å². The first-order chi connectivity index (χ1) is 43.6. The number of aromatic nitrogens is 2. The first-order valence-electron chi connectivity index (χ1n) is 30.8. The number of unbranched alkanes of at least 4 members (excludes halogenated alkanes) is 5. The molecule has 0 aliphatic carbocycles. The van der Waals surface area contributed by atoms with Gasteiger partial charge in [0.1, 0.15) is 52.0 Å². The van der Waals surface area contributed by atoms with E-state index in [1.165, 1.54) is 48.6 Å². The molecule has 91 heavy (non-hydrogen) atoms. The minimum absolute atomic E-state index is 0.00328. The number of fused-ring (bicyclic) bond motifs is 2. The second-order valence-corrected chi connectivity index (χ2v) is 24.3. The molecule has 3 aromatic carbocycles. The van der Waals surface area contributed by atoms with E-state index in [0.29, 0.717) is 28.6 Å². The van der Waals surface area contributed by atoms with Crippen LogP contribution in [0.1, 0.15) is 94.0 Å². The molecule has 3 aliphatic heterocycles. The van der Waals surface area contributed by atoms with Crippen molar-refractivity contribution in [2.24, 2.45) is 17.4 Å². The highest BCUT2D eigenvalue weighted by atomic mass is 32.1. The summed E-state index contributed by atoms with van der Waals surface area (Å²) >= 11 is 1.31. The van der Waals surface area contributed by atoms with Gasteiger partial charge >= 0.3 is 0 Å². The van der Waals surface area contributed by atoms with E-state index < -0.39 is 152 Å². The number of ether oxygens (including phenoxy) is 3. The summed E-state index contributed by atoms with van der Waals surface area (Å²) in [6, 6.07) is 6.78. The van der Waals surface area contributed by atoms with Gasteiger partial charge in [-0.1, -0.05) is 62.1 Å². The number of aliphatic hydroxyl groups excluding tert-OH is 6. The number of β-amino-alcohol motifs (C(OH)–C–C–N with tert-alkyl or cyclic N) is 1. The average Bonchev–Trinajstić information content (AvgIpc) is 1.75. The monoisotopic (exact) mass is 1290 g/mol. The zero-order chi connectivity index (χ0) is 65.9. The Hall–Kier alpha value is -7.45. The van der Waals surface area contributed by atoms with Crippen LogP contribution in [0.2, 0.25) is 0 Å². The maximum atomic E-state index is 14.7. The number of aliphatic hydroxyl groups is 6. The Morgan fingerprint density at radius 1 is 0.692 bits per heavy atom. The lowest BCUT2D eigenvalue weighted by Crippen LogP contribution is -2.64. The lowest BCUT2D eigenvalue weighted by Gasteiger charge is -2.34. The minimum Gasteiger partial charge on any atom is -0.504 e. The topological polar surface area (TPSA) is 433 Å². The fraction of sp³-hybridized carbons (Fsp3) is 0.565. The molecular formula is C62H87N11O17S. The molecule has 28 nitrogen and oxygen atoms in total. The highest BCUT2D eigenvalue weighted by molar-refractivity contribution is 7.17. The van der Waals surface area contributed by atoms with Crippen molar-refractivity contribution < 1.29 is 83.5 Å². The molecule has 7 rings (SSSR count). The molecule has 3 fully saturated rings. The second-order valence-electron chi connectivity index (χ2n) is 23.3. The molecule has 16 N–H and O–H groups in total. The third-order valence-electron chi connectivity index (χ3n) is 16.2. The predicted octanol–water partition coefficient (Wildman–Crippen LogP) is -1.03. The van der Waals surface area contributed by atoms with E-state index in [1.807, 2.05) is 24.3 Å². The number of rotatable bonds is 25. The number of amides is 7. The second kappa shape index (κ2) is 34.3. The Labute approximate surface area is 531 Å². The summed E-state index contributed by atoms with van der Waals surface area (Å²) in [5.74, 6) is -7.86. The van der Waals surface area contributed by atoms with Crippen LogP contribution >= 0.6 is 11.3 Å². The van der Waals surface area contributed by atoms with E-state index >= 15 is 0 Å². The number of nitrogens with zero attached hydrogens (tertiary/aromatic N) is 4. The molecule has 0 radical (unpaired) electrons. The molecule has 3 saturated heterocycles. The first kappa shape index (κ1) is 71.0. The lowest BCUT2D eigenvalue weighted by molar-refractivity contribution is -0.147. The number of phenols is 1. The number of aromatic hydroxyl groups is 1. The van der Waals surface area contributed by atoms with Gasteiger partial charge in [0.2, 0.25) is 35.4 Å². The molecule has 1 aromatic heterocycles. The van der Waals surface area contributed by atoms with Crippen molar-refractivity contribution in [3.05, 3.63) is 77.9 Å². The van der Waals surface area contributed by atoms with Crippen molar-refractivity contribution in [2.75, 3.05) is 59.7 Å². The van der Waals surface area contributed by atoms with Gasteiger partial charge < -0.3 is 97.8 Å². The summed E-state index contributed by atoms with van der Waals surface area (Å²) in [4.78, 5) is 103. The minimum atomic E-state index is -2.04. The number of methoxy groups -OCH3 is 1. The molecular weight excluding hydrogens is 1200 g/mol. The third-order valence-corrected chi connectivity index (χ3v) is 17.2. The van der Waals surface area contributed by atoms with E-state index in [2.05, 4.69) is 36.8 Å². The van der Waals surface area contributed by atoms with E-state index in [9.17, 15) is 69.3 Å². The van der Waals surface area contributed by atoms with Gasteiger partial charge in [-0.2, -0.15) is 0 Å². The Morgan fingerprint density at radius 3 is 1.96 bits per heavy atom. The third kappa shape index (κ3) is 19.3. The molecule has 0 saturated carbocycles. The Balaban J connectivity index is 1.13. The molecule has 13 atom stereocenters. The number of hydrogen-bond acceptors (Lipinski definition) is 22. The number of nitrogens with one attached hydrogen (secondary N) is 5. The van der Waals surface area contributed by atoms with E-state index in [1.54, 1.807) is 19.2 Å². The molecule has 1 unspecified atom stereocenters. The van der Waals surface area contributed by atoms with Gasteiger partial charge in [0.15, 0.2) is 11.5 Å². The van der Waals surface area contributed by atoms with Crippen molar-refractivity contribution in [3.8, 4) is 38.4 Å². The summed E-state index contributed by atoms with van der Waals surface area (Å²) in [6.45, 7) is 2.78. The summed E-state index contributed by atoms with van der Waals surface area (Å²) < 4.78 is 16.7. The van der Waals surface area contributed by atoms with Crippen molar-refractivity contribution >= 4 is 52.7 Å². The van der Waals surface area contributed by atoms with E-state index in [-0.39, 0.29) is 55.3 Å². The SMILES string of the molecule is COCCCCCCCCOc1ccc(-c2nnc(-c3ccc(C(=O)NC4C[C@@H](O)CNC(=O)[C@@H]5[C@@H](O)[C@@H](C)CN5C(=O)[C@H]([C@H](O)CCN)NC(=O)[C@H]([C@H](O)Cc5ccc(O)c(OCCCN)c5)NC(=O)[C@@H]5C[C@@H](O)CN5C(=O)[C@H]([C@@H](C)O)NC4=O)cc3)s2)cc1. The smallest absolute Gasteiger partial charge is 0.251 e. The zero-order valence-electron chi connectivity index (χ0n) is 51.4. The highest BCUT2D eigenvalue weighted by Gasteiger charge is 2.50. The summed E-state index contributed by atoms with van der Waals surface area (Å²) in [5.41, 5.74) is 13.1. The predicted molar refractivity (Wildman–Crippen MR) is 332 cm³/mol. The largest absolute Gasteiger partial charge is 0.504 e. The van der Waals surface area contributed by atoms with Gasteiger partial charge in [-0.3, -0.25) is 33.6 Å². The lowest BCUT2D eigenvalue weighted by atomic mass is 9.98. The van der Waals surface area contributed by atoms with E-state index in [4.69, 9.17) is 25.7 Å². The van der Waals surface area contributed by atoms with Gasteiger partial charge in [0, 0.05) is 75.2 Å². The number of benzene rings is 3. The zero-order valence-corrected chi connectivity index (χ0v) is 52.2. The number of carbonyl (C=O) groups is 7. The van der Waals surface area contributed by atoms with Crippen LogP contribution in [0.3, 0.4) is 0 Å². The van der Waals surface area contributed by atoms with Gasteiger partial charge in [-0.25, -0.2) is 0 Å². The normalized spacial score (nSPS) is 24.8. The molecule has 29 heteroatoms. The van der Waals surface area contributed by atoms with Crippen LogP contribution in [0.5, 0.6) is 17.2 Å². The summed E-state index contributed by atoms with van der Waals surface area (Å²) in [5, 5.41) is 101. The van der Waals surface area contributed by atoms with Crippen LogP contribution in [0.25, 0.3) is 21.1 Å². The molecule has 0 bridgehead atoms. The number of phenolic OH excluding ortho intramolecular Hbond substituents is 1. The number of carbonyl (C=O) groups excluding carboxylic acids is 7. The maximum Gasteiger partial charge on any atom is 0.251 e. The Kier molecular flexibility index (Phi) is 26.7. The van der Waals surface area contributed by atoms with Crippen LogP contribution in [0.4, 0.5) is 0 Å². The number of nitrogens with two attached hydrogens (primary N) is 2. The fourth-order valence-electron chi connectivity index (χ4n) is 11.1. The fourth-order valence-corrected chi connectivity index (χ4v) is 11.9. The van der Waals surface area contributed by atoms with Gasteiger partial charge in [0.25, 0.3) is 5.91 Å². The van der Waals surface area contributed by atoms with Crippen LogP contribution < -0.4 is 47.5 Å². The Bertz CT molecular complexity index is 3070. The standard InChI is InChI=1S/C62H87N11O17S/c1-34-32-73-52(53(34)80)58(85)65-31-40(75)29-43(66-54(81)37-12-14-38(15-13-37)59-70-71-60(91-59)39-16-18-42(19-17-39)89-25-9-7-5-4-6-8-24-88-3)55(82)67-49(35(2)74)61(86)72-33-41(76)30-44(72)56(83)68-50(57(84)69-51(62(73)87)46(78)21-23-64)47(79)27-36-11-20-45(77)48(28-36)90-26-10-22-63/h11-20,28,34-35,40-41,43-44,46-47,49-53,74-80H,4-10,21-27,29-33,63-64H2,1-3H3,(H,65,85)(H,66,81)(H,67,82)(H,68,83)(H,69,84)/t34-,35+,40+,41+,43?,44-,46+,47+,49-,50-,51-,52-,53-/m0/s1. The van der Waals surface area contributed by atoms with Crippen LogP contribution in [0, 0.1) is 5.92 Å². The Morgan fingerprint density at radius 2 is 1.31 bits per heavy atom. The van der Waals surface area contributed by atoms with Crippen molar-refractivity contribution in [3.63, 3.8) is 0 Å². The van der Waals surface area contributed by atoms with Crippen molar-refractivity contribution in [1.29, 1.82) is 0 Å². The molecule has 0 spiro atoms.